The third-order valence-corrected chi connectivity index (χ3v) is 3.21. The van der Waals surface area contributed by atoms with E-state index >= 15 is 0 Å². The fourth-order valence-electron chi connectivity index (χ4n) is 2.23. The summed E-state index contributed by atoms with van der Waals surface area (Å²) >= 11 is 5.58. The van der Waals surface area contributed by atoms with Crippen molar-refractivity contribution in [2.75, 3.05) is 5.88 Å². The zero-order valence-electron chi connectivity index (χ0n) is 9.09. The summed E-state index contributed by atoms with van der Waals surface area (Å²) in [7, 11) is 0. The second-order valence-electron chi connectivity index (χ2n) is 4.15. The van der Waals surface area contributed by atoms with E-state index in [9.17, 15) is 9.59 Å². The summed E-state index contributed by atoms with van der Waals surface area (Å²) in [5.41, 5.74) is 0. The lowest BCUT2D eigenvalue weighted by Crippen LogP contribution is -2.42. The maximum absolute atomic E-state index is 11.6. The molecule has 1 aliphatic carbocycles. The Kier molecular flexibility index (Phi) is 5.09. The molecule has 0 aliphatic heterocycles. The fourth-order valence-corrected chi connectivity index (χ4v) is 2.42. The maximum atomic E-state index is 11.6. The van der Waals surface area contributed by atoms with Crippen molar-refractivity contribution < 1.29 is 9.59 Å². The molecule has 3 nitrogen and oxygen atoms in total. The van der Waals surface area contributed by atoms with Crippen molar-refractivity contribution in [3.63, 3.8) is 0 Å². The van der Waals surface area contributed by atoms with Crippen LogP contribution in [0.5, 0.6) is 0 Å². The van der Waals surface area contributed by atoms with Crippen molar-refractivity contribution in [3.8, 4) is 0 Å². The van der Waals surface area contributed by atoms with Gasteiger partial charge in [0.15, 0.2) is 5.78 Å². The Hall–Kier alpha value is -0.570. The monoisotopic (exact) mass is 231 g/mol. The summed E-state index contributed by atoms with van der Waals surface area (Å²) < 4.78 is 0. The molecular formula is C11H18ClNO2. The Labute approximate surface area is 95.6 Å². The SMILES string of the molecule is CC(=O)NC1CCCCCC1C(=O)CCl. The molecule has 0 aromatic rings. The molecule has 0 spiro atoms. The molecule has 1 rings (SSSR count). The smallest absolute Gasteiger partial charge is 0.217 e. The quantitative estimate of drug-likeness (QED) is 0.596. The van der Waals surface area contributed by atoms with Gasteiger partial charge in [0.25, 0.3) is 0 Å². The second-order valence-corrected chi connectivity index (χ2v) is 4.42. The van der Waals surface area contributed by atoms with Crippen LogP contribution in [0.25, 0.3) is 0 Å². The van der Waals surface area contributed by atoms with Crippen molar-refractivity contribution in [3.05, 3.63) is 0 Å². The molecule has 1 amide bonds. The molecule has 1 fully saturated rings. The van der Waals surface area contributed by atoms with Crippen molar-refractivity contribution in [1.29, 1.82) is 0 Å². The summed E-state index contributed by atoms with van der Waals surface area (Å²) in [5, 5.41) is 2.87. The minimum Gasteiger partial charge on any atom is -0.353 e. The van der Waals surface area contributed by atoms with E-state index in [-0.39, 0.29) is 29.5 Å². The molecule has 2 unspecified atom stereocenters. The highest BCUT2D eigenvalue weighted by molar-refractivity contribution is 6.28. The average Bonchev–Trinajstić information content (AvgIpc) is 2.41. The number of nitrogens with one attached hydrogen (secondary N) is 1. The first-order valence-corrected chi connectivity index (χ1v) is 6.04. The highest BCUT2D eigenvalue weighted by atomic mass is 35.5. The number of Topliss-reactive ketones (excluding diaryl/α,β-unsaturated/α-hetero) is 1. The van der Waals surface area contributed by atoms with Crippen molar-refractivity contribution in [2.45, 2.75) is 45.1 Å². The Bertz CT molecular complexity index is 243. The van der Waals surface area contributed by atoms with E-state index in [1.165, 1.54) is 6.92 Å². The van der Waals surface area contributed by atoms with Gasteiger partial charge in [-0.05, 0) is 12.8 Å². The number of alkyl halides is 1. The average molecular weight is 232 g/mol. The normalized spacial score (nSPS) is 26.8. The lowest BCUT2D eigenvalue weighted by molar-refractivity contribution is -0.123. The molecule has 86 valence electrons. The minimum atomic E-state index is -0.0751. The van der Waals surface area contributed by atoms with Gasteiger partial charge in [-0.1, -0.05) is 19.3 Å². The summed E-state index contributed by atoms with van der Waals surface area (Å²) in [5.74, 6) is -0.0127. The van der Waals surface area contributed by atoms with E-state index in [4.69, 9.17) is 11.6 Å². The van der Waals surface area contributed by atoms with Crippen molar-refractivity contribution >= 4 is 23.3 Å². The van der Waals surface area contributed by atoms with E-state index in [2.05, 4.69) is 5.32 Å². The molecule has 1 aliphatic rings. The van der Waals surface area contributed by atoms with Crippen LogP contribution in [0.2, 0.25) is 0 Å². The zero-order valence-corrected chi connectivity index (χ0v) is 9.85. The minimum absolute atomic E-state index is 0.00347. The van der Waals surface area contributed by atoms with E-state index in [0.29, 0.717) is 0 Å². The summed E-state index contributed by atoms with van der Waals surface area (Å²) in [6, 6.07) is -0.00347. The largest absolute Gasteiger partial charge is 0.353 e. The van der Waals surface area contributed by atoms with E-state index in [1.807, 2.05) is 0 Å². The number of carbonyl (C=O) groups is 2. The third-order valence-electron chi connectivity index (χ3n) is 2.95. The van der Waals surface area contributed by atoms with Crippen LogP contribution in [-0.2, 0) is 9.59 Å². The molecular weight excluding hydrogens is 214 g/mol. The Balaban J connectivity index is 2.66. The van der Waals surface area contributed by atoms with Gasteiger partial charge in [0.2, 0.25) is 5.91 Å². The zero-order chi connectivity index (χ0) is 11.3. The predicted octanol–water partition coefficient (Wildman–Crippen LogP) is 1.88. The molecule has 0 radical (unpaired) electrons. The van der Waals surface area contributed by atoms with Crippen LogP contribution in [0.3, 0.4) is 0 Å². The van der Waals surface area contributed by atoms with Gasteiger partial charge >= 0.3 is 0 Å². The second kappa shape index (κ2) is 6.11. The van der Waals surface area contributed by atoms with Crippen LogP contribution in [0.4, 0.5) is 0 Å². The van der Waals surface area contributed by atoms with Gasteiger partial charge < -0.3 is 5.32 Å². The van der Waals surface area contributed by atoms with Gasteiger partial charge in [0.1, 0.15) is 0 Å². The number of carbonyl (C=O) groups excluding carboxylic acids is 2. The van der Waals surface area contributed by atoms with Crippen LogP contribution in [-0.4, -0.2) is 23.6 Å². The molecule has 0 heterocycles. The molecule has 0 saturated heterocycles. The first-order chi connectivity index (χ1) is 7.15. The van der Waals surface area contributed by atoms with Crippen LogP contribution < -0.4 is 5.32 Å². The van der Waals surface area contributed by atoms with Gasteiger partial charge in [0, 0.05) is 18.9 Å². The van der Waals surface area contributed by atoms with Crippen LogP contribution in [0, 0.1) is 5.92 Å². The van der Waals surface area contributed by atoms with Crippen molar-refractivity contribution in [2.24, 2.45) is 5.92 Å². The number of hydrogen-bond donors (Lipinski definition) is 1. The maximum Gasteiger partial charge on any atom is 0.217 e. The lowest BCUT2D eigenvalue weighted by atomic mass is 9.91. The van der Waals surface area contributed by atoms with E-state index < -0.39 is 0 Å². The number of rotatable bonds is 3. The third kappa shape index (κ3) is 3.82. The fraction of sp³-hybridized carbons (Fsp3) is 0.818. The summed E-state index contributed by atoms with van der Waals surface area (Å²) in [4.78, 5) is 22.7. The molecule has 4 heteroatoms. The van der Waals surface area contributed by atoms with Crippen molar-refractivity contribution in [1.82, 2.24) is 5.32 Å². The standard InChI is InChI=1S/C11H18ClNO2/c1-8(14)13-10-6-4-2-3-5-9(10)11(15)7-12/h9-10H,2-7H2,1H3,(H,13,14). The molecule has 15 heavy (non-hydrogen) atoms. The van der Waals surface area contributed by atoms with Gasteiger partial charge in [-0.15, -0.1) is 11.6 Å². The molecule has 0 aromatic heterocycles. The number of hydrogen-bond acceptors (Lipinski definition) is 2. The molecule has 0 aromatic carbocycles. The molecule has 1 saturated carbocycles. The first-order valence-electron chi connectivity index (χ1n) is 5.51. The van der Waals surface area contributed by atoms with Gasteiger partial charge in [-0.2, -0.15) is 0 Å². The number of halogens is 1. The van der Waals surface area contributed by atoms with Crippen LogP contribution in [0.1, 0.15) is 39.0 Å². The van der Waals surface area contributed by atoms with Crippen LogP contribution in [0.15, 0.2) is 0 Å². The number of amides is 1. The van der Waals surface area contributed by atoms with Gasteiger partial charge in [-0.25, -0.2) is 0 Å². The van der Waals surface area contributed by atoms with E-state index in [1.54, 1.807) is 0 Å². The molecule has 0 bridgehead atoms. The highest BCUT2D eigenvalue weighted by Crippen LogP contribution is 2.24. The van der Waals surface area contributed by atoms with Gasteiger partial charge in [0.05, 0.1) is 5.88 Å². The Morgan fingerprint density at radius 3 is 2.53 bits per heavy atom. The first kappa shape index (κ1) is 12.5. The molecule has 2 atom stereocenters. The predicted molar refractivity (Wildman–Crippen MR) is 59.9 cm³/mol. The lowest BCUT2D eigenvalue weighted by Gasteiger charge is -2.23. The Morgan fingerprint density at radius 2 is 1.93 bits per heavy atom. The van der Waals surface area contributed by atoms with Crippen LogP contribution >= 0.6 is 11.6 Å². The summed E-state index contributed by atoms with van der Waals surface area (Å²) in [6.07, 6.45) is 5.03. The topological polar surface area (TPSA) is 46.2 Å². The molecule has 1 N–H and O–H groups in total. The summed E-state index contributed by atoms with van der Waals surface area (Å²) in [6.45, 7) is 1.49. The highest BCUT2D eigenvalue weighted by Gasteiger charge is 2.29. The van der Waals surface area contributed by atoms with E-state index in [0.717, 1.165) is 32.1 Å². The van der Waals surface area contributed by atoms with Gasteiger partial charge in [-0.3, -0.25) is 9.59 Å². The Morgan fingerprint density at radius 1 is 1.27 bits per heavy atom. The number of ketones is 1.